The Morgan fingerprint density at radius 3 is 2.58 bits per heavy atom. The first kappa shape index (κ1) is 20.7. The van der Waals surface area contributed by atoms with Crippen LogP contribution in [0.1, 0.15) is 16.8 Å². The Bertz CT molecular complexity index is 1110. The molecule has 0 radical (unpaired) electrons. The highest BCUT2D eigenvalue weighted by molar-refractivity contribution is 5.92. The van der Waals surface area contributed by atoms with E-state index in [2.05, 4.69) is 10.4 Å². The maximum Gasteiger partial charge on any atom is 0.323 e. The number of nitrogens with zero attached hydrogens (tertiary/aromatic N) is 3. The van der Waals surface area contributed by atoms with Gasteiger partial charge in [0.2, 0.25) is 5.91 Å². The van der Waals surface area contributed by atoms with Gasteiger partial charge in [0.05, 0.1) is 25.0 Å². The molecule has 0 spiro atoms. The van der Waals surface area contributed by atoms with Crippen molar-refractivity contribution < 1.29 is 18.7 Å². The molecule has 1 aliphatic heterocycles. The van der Waals surface area contributed by atoms with Crippen molar-refractivity contribution in [1.29, 1.82) is 0 Å². The average Bonchev–Trinajstić information content (AvgIpc) is 3.12. The van der Waals surface area contributed by atoms with E-state index in [1.54, 1.807) is 22.9 Å². The number of esters is 1. The van der Waals surface area contributed by atoms with Gasteiger partial charge in [0.25, 0.3) is 0 Å². The molecular formula is C23H23FN4O3. The van der Waals surface area contributed by atoms with Crippen molar-refractivity contribution in [2.75, 3.05) is 19.0 Å². The summed E-state index contributed by atoms with van der Waals surface area (Å²) in [6, 6.07) is 14.9. The molecule has 0 fully saturated rings. The minimum atomic E-state index is -0.533. The van der Waals surface area contributed by atoms with E-state index in [1.165, 1.54) is 19.2 Å². The smallest absolute Gasteiger partial charge is 0.323 e. The molecule has 31 heavy (non-hydrogen) atoms. The number of aromatic nitrogens is 2. The van der Waals surface area contributed by atoms with Gasteiger partial charge >= 0.3 is 5.97 Å². The summed E-state index contributed by atoms with van der Waals surface area (Å²) in [5.74, 6) is -0.523. The third-order valence-corrected chi connectivity index (χ3v) is 5.34. The molecule has 8 heteroatoms. The predicted molar refractivity (Wildman–Crippen MR) is 113 cm³/mol. The summed E-state index contributed by atoms with van der Waals surface area (Å²) in [5, 5.41) is 7.26. The summed E-state index contributed by atoms with van der Waals surface area (Å²) >= 11 is 0. The van der Waals surface area contributed by atoms with E-state index >= 15 is 0 Å². The molecule has 2 aromatic carbocycles. The van der Waals surface area contributed by atoms with Crippen LogP contribution in [0.15, 0.2) is 54.6 Å². The van der Waals surface area contributed by atoms with Crippen LogP contribution in [0.4, 0.5) is 10.2 Å². The molecule has 0 saturated carbocycles. The van der Waals surface area contributed by atoms with Gasteiger partial charge in [-0.1, -0.05) is 24.3 Å². The lowest BCUT2D eigenvalue weighted by Crippen LogP contribution is -2.49. The maximum atomic E-state index is 13.3. The topological polar surface area (TPSA) is 76.5 Å². The molecule has 2 heterocycles. The first-order chi connectivity index (χ1) is 14.9. The Hall–Kier alpha value is -3.52. The van der Waals surface area contributed by atoms with Gasteiger partial charge in [0.1, 0.15) is 17.7 Å². The molecule has 1 atom stereocenters. The zero-order valence-corrected chi connectivity index (χ0v) is 17.3. The van der Waals surface area contributed by atoms with Crippen molar-refractivity contribution >= 4 is 17.7 Å². The fraction of sp³-hybridized carbons (Fsp3) is 0.261. The standard InChI is InChI=1S/C23H23FN4O3/c1-15-11-21(28(26-15)19-9-7-18(24)8-10-19)25-22(29)14-27-13-17-6-4-3-5-16(17)12-20(27)23(30)31-2/h3-11,20H,12-14H2,1-2H3,(H,25,29). The van der Waals surface area contributed by atoms with Crippen LogP contribution in [0.2, 0.25) is 0 Å². The molecule has 1 amide bonds. The number of rotatable bonds is 5. The number of methoxy groups -OCH3 is 1. The molecule has 1 aromatic heterocycles. The van der Waals surface area contributed by atoms with Crippen molar-refractivity contribution in [2.45, 2.75) is 25.9 Å². The minimum absolute atomic E-state index is 0.0156. The summed E-state index contributed by atoms with van der Waals surface area (Å²) in [4.78, 5) is 27.1. The third kappa shape index (κ3) is 4.49. The monoisotopic (exact) mass is 422 g/mol. The number of nitrogens with one attached hydrogen (secondary N) is 1. The largest absolute Gasteiger partial charge is 0.468 e. The Morgan fingerprint density at radius 2 is 1.87 bits per heavy atom. The fourth-order valence-corrected chi connectivity index (χ4v) is 3.85. The second kappa shape index (κ2) is 8.69. The SMILES string of the molecule is COC(=O)C1Cc2ccccc2CN1CC(=O)Nc1cc(C)nn1-c1ccc(F)cc1. The maximum absolute atomic E-state index is 13.3. The summed E-state index contributed by atoms with van der Waals surface area (Å²) in [6.07, 6.45) is 0.489. The number of anilines is 1. The lowest BCUT2D eigenvalue weighted by molar-refractivity contribution is -0.148. The van der Waals surface area contributed by atoms with Crippen LogP contribution in [-0.4, -0.2) is 46.3 Å². The van der Waals surface area contributed by atoms with Gasteiger partial charge < -0.3 is 10.1 Å². The van der Waals surface area contributed by atoms with E-state index < -0.39 is 6.04 Å². The molecule has 0 aliphatic carbocycles. The molecule has 0 bridgehead atoms. The van der Waals surface area contributed by atoms with Gasteiger partial charge in [-0.05, 0) is 48.7 Å². The second-order valence-electron chi connectivity index (χ2n) is 7.52. The number of benzene rings is 2. The van der Waals surface area contributed by atoms with Crippen molar-refractivity contribution in [3.8, 4) is 5.69 Å². The van der Waals surface area contributed by atoms with Crippen molar-refractivity contribution in [2.24, 2.45) is 0 Å². The van der Waals surface area contributed by atoms with Gasteiger partial charge in [0, 0.05) is 12.6 Å². The number of fused-ring (bicyclic) bond motifs is 1. The van der Waals surface area contributed by atoms with E-state index in [4.69, 9.17) is 4.74 Å². The average molecular weight is 422 g/mol. The lowest BCUT2D eigenvalue weighted by atomic mass is 9.94. The zero-order valence-electron chi connectivity index (χ0n) is 17.3. The summed E-state index contributed by atoms with van der Waals surface area (Å²) in [6.45, 7) is 2.30. The number of hydrogen-bond donors (Lipinski definition) is 1. The van der Waals surface area contributed by atoms with Gasteiger partial charge in [-0.3, -0.25) is 14.5 Å². The van der Waals surface area contributed by atoms with E-state index in [0.717, 1.165) is 11.1 Å². The molecule has 3 aromatic rings. The molecule has 1 aliphatic rings. The zero-order chi connectivity index (χ0) is 22.0. The van der Waals surface area contributed by atoms with E-state index in [-0.39, 0.29) is 24.2 Å². The number of ether oxygens (including phenoxy) is 1. The van der Waals surface area contributed by atoms with Crippen molar-refractivity contribution in [3.05, 3.63) is 77.2 Å². The quantitative estimate of drug-likeness (QED) is 0.640. The Labute approximate surface area is 179 Å². The highest BCUT2D eigenvalue weighted by Gasteiger charge is 2.33. The number of carbonyl (C=O) groups is 2. The molecule has 4 rings (SSSR count). The highest BCUT2D eigenvalue weighted by atomic mass is 19.1. The van der Waals surface area contributed by atoms with Crippen molar-refractivity contribution in [3.63, 3.8) is 0 Å². The summed E-state index contributed by atoms with van der Waals surface area (Å²) in [5.41, 5.74) is 3.50. The first-order valence-electron chi connectivity index (χ1n) is 9.95. The Morgan fingerprint density at radius 1 is 1.16 bits per heavy atom. The van der Waals surface area contributed by atoms with E-state index in [9.17, 15) is 14.0 Å². The predicted octanol–water partition coefficient (Wildman–Crippen LogP) is 2.86. The normalized spacial score (nSPS) is 15.9. The lowest BCUT2D eigenvalue weighted by Gasteiger charge is -2.34. The van der Waals surface area contributed by atoms with Crippen LogP contribution in [-0.2, 0) is 27.3 Å². The van der Waals surface area contributed by atoms with Gasteiger partial charge in [-0.15, -0.1) is 0 Å². The van der Waals surface area contributed by atoms with Gasteiger partial charge in [-0.2, -0.15) is 5.10 Å². The van der Waals surface area contributed by atoms with E-state index in [0.29, 0.717) is 30.2 Å². The van der Waals surface area contributed by atoms with Crippen LogP contribution < -0.4 is 5.32 Å². The number of carbonyl (C=O) groups excluding carboxylic acids is 2. The Kier molecular flexibility index (Phi) is 5.81. The highest BCUT2D eigenvalue weighted by Crippen LogP contribution is 2.24. The molecular weight excluding hydrogens is 399 g/mol. The molecule has 160 valence electrons. The molecule has 1 unspecified atom stereocenters. The second-order valence-corrected chi connectivity index (χ2v) is 7.52. The van der Waals surface area contributed by atoms with Crippen LogP contribution in [0, 0.1) is 12.7 Å². The van der Waals surface area contributed by atoms with Crippen LogP contribution in [0.25, 0.3) is 5.69 Å². The minimum Gasteiger partial charge on any atom is -0.468 e. The third-order valence-electron chi connectivity index (χ3n) is 5.34. The number of hydrogen-bond acceptors (Lipinski definition) is 5. The Balaban J connectivity index is 1.53. The number of aryl methyl sites for hydroxylation is 1. The molecule has 7 nitrogen and oxygen atoms in total. The van der Waals surface area contributed by atoms with Crippen LogP contribution >= 0.6 is 0 Å². The van der Waals surface area contributed by atoms with Gasteiger partial charge in [-0.25, -0.2) is 9.07 Å². The molecule has 1 N–H and O–H groups in total. The first-order valence-corrected chi connectivity index (χ1v) is 9.95. The fourth-order valence-electron chi connectivity index (χ4n) is 3.85. The van der Waals surface area contributed by atoms with Crippen LogP contribution in [0.5, 0.6) is 0 Å². The van der Waals surface area contributed by atoms with E-state index in [1.807, 2.05) is 36.1 Å². The summed E-state index contributed by atoms with van der Waals surface area (Å²) < 4.78 is 19.8. The van der Waals surface area contributed by atoms with Crippen LogP contribution in [0.3, 0.4) is 0 Å². The summed E-state index contributed by atoms with van der Waals surface area (Å²) in [7, 11) is 1.35. The number of amides is 1. The number of halogens is 1. The van der Waals surface area contributed by atoms with Crippen molar-refractivity contribution in [1.82, 2.24) is 14.7 Å². The van der Waals surface area contributed by atoms with Gasteiger partial charge in [0.15, 0.2) is 0 Å². The molecule has 0 saturated heterocycles.